The van der Waals surface area contributed by atoms with Crippen LogP contribution in [0.1, 0.15) is 19.8 Å². The maximum absolute atomic E-state index is 5.30. The van der Waals surface area contributed by atoms with Gasteiger partial charge in [0.15, 0.2) is 0 Å². The molecule has 0 atom stereocenters. The van der Waals surface area contributed by atoms with E-state index in [1.807, 2.05) is 6.92 Å². The molecule has 10 heavy (non-hydrogen) atoms. The standard InChI is InChI=1S/C7H11BrN2/c1-5(4-9)7(8)10-6-2-3-6/h4,6H,2-3,9H2,1H3. The Morgan fingerprint density at radius 3 is 2.70 bits per heavy atom. The van der Waals surface area contributed by atoms with Crippen molar-refractivity contribution in [1.82, 2.24) is 0 Å². The Balaban J connectivity index is 2.53. The lowest BCUT2D eigenvalue weighted by Gasteiger charge is -1.94. The minimum absolute atomic E-state index is 0.560. The van der Waals surface area contributed by atoms with Crippen LogP contribution < -0.4 is 5.73 Å². The second kappa shape index (κ2) is 3.19. The van der Waals surface area contributed by atoms with Gasteiger partial charge in [0.05, 0.1) is 6.04 Å². The summed E-state index contributed by atoms with van der Waals surface area (Å²) < 4.78 is 0.900. The van der Waals surface area contributed by atoms with E-state index in [9.17, 15) is 0 Å². The van der Waals surface area contributed by atoms with E-state index in [0.29, 0.717) is 6.04 Å². The van der Waals surface area contributed by atoms with Crippen molar-refractivity contribution in [3.05, 3.63) is 11.8 Å². The van der Waals surface area contributed by atoms with Gasteiger partial charge in [0, 0.05) is 0 Å². The summed E-state index contributed by atoms with van der Waals surface area (Å²) in [6.45, 7) is 1.94. The number of allylic oxidation sites excluding steroid dienone is 1. The first-order valence-electron chi connectivity index (χ1n) is 3.36. The molecule has 0 bridgehead atoms. The normalized spacial score (nSPS) is 21.4. The van der Waals surface area contributed by atoms with Crippen molar-refractivity contribution in [3.63, 3.8) is 0 Å². The molecule has 0 aromatic carbocycles. The lowest BCUT2D eigenvalue weighted by molar-refractivity contribution is 1.07. The molecule has 0 aromatic rings. The van der Waals surface area contributed by atoms with Gasteiger partial charge in [0.1, 0.15) is 4.62 Å². The summed E-state index contributed by atoms with van der Waals surface area (Å²) in [5.41, 5.74) is 6.30. The van der Waals surface area contributed by atoms with E-state index >= 15 is 0 Å². The zero-order valence-electron chi connectivity index (χ0n) is 5.97. The molecule has 2 N–H and O–H groups in total. The highest BCUT2D eigenvalue weighted by Gasteiger charge is 2.20. The van der Waals surface area contributed by atoms with Crippen molar-refractivity contribution in [1.29, 1.82) is 0 Å². The van der Waals surface area contributed by atoms with E-state index in [0.717, 1.165) is 10.2 Å². The van der Waals surface area contributed by atoms with Gasteiger partial charge in [0.25, 0.3) is 0 Å². The molecule has 0 saturated heterocycles. The van der Waals surface area contributed by atoms with Crippen molar-refractivity contribution in [2.24, 2.45) is 10.7 Å². The number of nitrogens with two attached hydrogens (primary N) is 1. The zero-order valence-corrected chi connectivity index (χ0v) is 7.56. The first kappa shape index (κ1) is 7.79. The van der Waals surface area contributed by atoms with E-state index in [1.54, 1.807) is 6.20 Å². The van der Waals surface area contributed by atoms with Gasteiger partial charge in [-0.3, -0.25) is 4.99 Å². The fraction of sp³-hybridized carbons (Fsp3) is 0.571. The molecule has 0 spiro atoms. The molecule has 0 radical (unpaired) electrons. The van der Waals surface area contributed by atoms with Crippen LogP contribution in [0.4, 0.5) is 0 Å². The molecular weight excluding hydrogens is 192 g/mol. The smallest absolute Gasteiger partial charge is 0.105 e. The van der Waals surface area contributed by atoms with E-state index in [1.165, 1.54) is 12.8 Å². The number of hydrogen-bond donors (Lipinski definition) is 1. The quantitative estimate of drug-likeness (QED) is 0.683. The zero-order chi connectivity index (χ0) is 7.56. The number of hydrogen-bond acceptors (Lipinski definition) is 2. The third-order valence-corrected chi connectivity index (χ3v) is 2.25. The average Bonchev–Trinajstić information content (AvgIpc) is 2.70. The van der Waals surface area contributed by atoms with Gasteiger partial charge in [-0.25, -0.2) is 0 Å². The van der Waals surface area contributed by atoms with Crippen molar-refractivity contribution in [3.8, 4) is 0 Å². The second-order valence-corrected chi connectivity index (χ2v) is 3.25. The Morgan fingerprint density at radius 1 is 1.70 bits per heavy atom. The van der Waals surface area contributed by atoms with Crippen LogP contribution in [0.25, 0.3) is 0 Å². The third kappa shape index (κ3) is 2.14. The Morgan fingerprint density at radius 2 is 2.30 bits per heavy atom. The van der Waals surface area contributed by atoms with Crippen molar-refractivity contribution in [2.75, 3.05) is 0 Å². The largest absolute Gasteiger partial charge is 0.404 e. The molecule has 1 fully saturated rings. The van der Waals surface area contributed by atoms with Crippen LogP contribution in [0.15, 0.2) is 16.8 Å². The van der Waals surface area contributed by atoms with Gasteiger partial charge in [-0.1, -0.05) is 0 Å². The molecule has 0 amide bonds. The third-order valence-electron chi connectivity index (χ3n) is 1.42. The molecule has 1 aliphatic rings. The molecular formula is C7H11BrN2. The van der Waals surface area contributed by atoms with E-state index in [-0.39, 0.29) is 0 Å². The van der Waals surface area contributed by atoms with E-state index < -0.39 is 0 Å². The highest BCUT2D eigenvalue weighted by Crippen LogP contribution is 2.25. The molecule has 1 aliphatic carbocycles. The first-order valence-corrected chi connectivity index (χ1v) is 4.15. The summed E-state index contributed by atoms with van der Waals surface area (Å²) in [7, 11) is 0. The molecule has 0 heterocycles. The number of halogens is 1. The minimum atomic E-state index is 0.560. The topological polar surface area (TPSA) is 38.4 Å². The second-order valence-electron chi connectivity index (χ2n) is 2.50. The monoisotopic (exact) mass is 202 g/mol. The SMILES string of the molecule is CC(=CN)C(Br)=NC1CC1. The Kier molecular flexibility index (Phi) is 2.49. The molecule has 1 rings (SSSR count). The van der Waals surface area contributed by atoms with Crippen LogP contribution in [0.5, 0.6) is 0 Å². The minimum Gasteiger partial charge on any atom is -0.404 e. The van der Waals surface area contributed by atoms with Gasteiger partial charge >= 0.3 is 0 Å². The van der Waals surface area contributed by atoms with Crippen molar-refractivity contribution < 1.29 is 0 Å². The van der Waals surface area contributed by atoms with Gasteiger partial charge in [-0.2, -0.15) is 0 Å². The maximum atomic E-state index is 5.30. The van der Waals surface area contributed by atoms with Gasteiger partial charge in [0.2, 0.25) is 0 Å². The Hall–Kier alpha value is -0.310. The maximum Gasteiger partial charge on any atom is 0.105 e. The predicted octanol–water partition coefficient (Wildman–Crippen LogP) is 1.80. The number of aliphatic imine (C=N–C) groups is 1. The average molecular weight is 203 g/mol. The summed E-state index contributed by atoms with van der Waals surface area (Å²) in [6, 6.07) is 0.560. The van der Waals surface area contributed by atoms with E-state index in [4.69, 9.17) is 5.73 Å². The van der Waals surface area contributed by atoms with Crippen LogP contribution in [0, 0.1) is 0 Å². The first-order chi connectivity index (χ1) is 4.74. The van der Waals surface area contributed by atoms with Crippen LogP contribution in [-0.2, 0) is 0 Å². The summed E-state index contributed by atoms with van der Waals surface area (Å²) in [4.78, 5) is 4.34. The van der Waals surface area contributed by atoms with Crippen molar-refractivity contribution >= 4 is 20.6 Å². The lowest BCUT2D eigenvalue weighted by atomic mass is 10.4. The highest BCUT2D eigenvalue weighted by molar-refractivity contribution is 9.18. The molecule has 56 valence electrons. The van der Waals surface area contributed by atoms with Gasteiger partial charge < -0.3 is 5.73 Å². The highest BCUT2D eigenvalue weighted by atomic mass is 79.9. The molecule has 3 heteroatoms. The Labute approximate surface area is 69.3 Å². The summed E-state index contributed by atoms with van der Waals surface area (Å²) in [6.07, 6.45) is 4.02. The number of rotatable bonds is 2. The number of nitrogens with zero attached hydrogens (tertiary/aromatic N) is 1. The van der Waals surface area contributed by atoms with Crippen LogP contribution in [-0.4, -0.2) is 10.7 Å². The van der Waals surface area contributed by atoms with Crippen LogP contribution in [0.3, 0.4) is 0 Å². The molecule has 2 nitrogen and oxygen atoms in total. The Bertz CT molecular complexity index is 180. The van der Waals surface area contributed by atoms with Gasteiger partial charge in [-0.05, 0) is 47.5 Å². The van der Waals surface area contributed by atoms with E-state index in [2.05, 4.69) is 20.9 Å². The van der Waals surface area contributed by atoms with Crippen LogP contribution in [0.2, 0.25) is 0 Å². The molecule has 0 unspecified atom stereocenters. The summed E-state index contributed by atoms with van der Waals surface area (Å²) in [5, 5.41) is 0. The van der Waals surface area contributed by atoms with Gasteiger partial charge in [-0.15, -0.1) is 0 Å². The summed E-state index contributed by atoms with van der Waals surface area (Å²) in [5.74, 6) is 0. The van der Waals surface area contributed by atoms with Crippen molar-refractivity contribution in [2.45, 2.75) is 25.8 Å². The fourth-order valence-electron chi connectivity index (χ4n) is 0.535. The summed E-state index contributed by atoms with van der Waals surface area (Å²) >= 11 is 3.35. The fourth-order valence-corrected chi connectivity index (χ4v) is 0.956. The molecule has 1 saturated carbocycles. The predicted molar refractivity (Wildman–Crippen MR) is 47.3 cm³/mol. The molecule has 0 aromatic heterocycles. The molecule has 0 aliphatic heterocycles. The van der Waals surface area contributed by atoms with Crippen LogP contribution >= 0.6 is 15.9 Å². The lowest BCUT2D eigenvalue weighted by Crippen LogP contribution is -1.94.